The van der Waals surface area contributed by atoms with Crippen molar-refractivity contribution in [1.29, 1.82) is 0 Å². The van der Waals surface area contributed by atoms with Gasteiger partial charge in [0.2, 0.25) is 0 Å². The molecule has 1 rings (SSSR count). The van der Waals surface area contributed by atoms with Crippen LogP contribution in [-0.4, -0.2) is 56.5 Å². The van der Waals surface area contributed by atoms with Gasteiger partial charge >= 0.3 is 6.18 Å². The number of halogens is 3. The summed E-state index contributed by atoms with van der Waals surface area (Å²) >= 11 is 0. The van der Waals surface area contributed by atoms with Crippen LogP contribution in [0.4, 0.5) is 13.2 Å². The van der Waals surface area contributed by atoms with Crippen molar-refractivity contribution in [3.63, 3.8) is 0 Å². The molecule has 0 aromatic carbocycles. The van der Waals surface area contributed by atoms with Gasteiger partial charge in [-0.15, -0.1) is 0 Å². The minimum absolute atomic E-state index is 0.178. The second-order valence-corrected chi connectivity index (χ2v) is 5.47. The van der Waals surface area contributed by atoms with Gasteiger partial charge in [0.15, 0.2) is 0 Å². The summed E-state index contributed by atoms with van der Waals surface area (Å²) in [6, 6.07) is 0.534. The fraction of sp³-hybridized carbons (Fsp3) is 1.00. The minimum Gasteiger partial charge on any atom is -0.372 e. The Bertz CT molecular complexity index is 243. The zero-order chi connectivity index (χ0) is 14.8. The molecule has 0 aromatic rings. The van der Waals surface area contributed by atoms with Crippen molar-refractivity contribution in [3.8, 4) is 0 Å². The first kappa shape index (κ1) is 17.7. The standard InChI is InChI=1S/C14H27F3N2O/c1-2-8-19(11-13-6-3-4-7-18-13)9-5-10-20-12-14(15,16)17/h13,18H,2-12H2,1H3. The second-order valence-electron chi connectivity index (χ2n) is 5.47. The van der Waals surface area contributed by atoms with Gasteiger partial charge in [-0.05, 0) is 38.8 Å². The summed E-state index contributed by atoms with van der Waals surface area (Å²) in [4.78, 5) is 2.33. The highest BCUT2D eigenvalue weighted by Crippen LogP contribution is 2.14. The summed E-state index contributed by atoms with van der Waals surface area (Å²) < 4.78 is 40.4. The maximum Gasteiger partial charge on any atom is 0.411 e. The van der Waals surface area contributed by atoms with Crippen LogP contribution in [0.5, 0.6) is 0 Å². The first-order chi connectivity index (χ1) is 9.51. The van der Waals surface area contributed by atoms with Crippen molar-refractivity contribution in [3.05, 3.63) is 0 Å². The summed E-state index contributed by atoms with van der Waals surface area (Å²) in [6.45, 7) is 5.05. The molecule has 1 aliphatic rings. The Morgan fingerprint density at radius 1 is 1.25 bits per heavy atom. The first-order valence-electron chi connectivity index (χ1n) is 7.61. The molecule has 120 valence electrons. The molecule has 0 spiro atoms. The van der Waals surface area contributed by atoms with Crippen LogP contribution in [0, 0.1) is 0 Å². The Balaban J connectivity index is 2.14. The smallest absolute Gasteiger partial charge is 0.372 e. The van der Waals surface area contributed by atoms with Gasteiger partial charge in [-0.1, -0.05) is 13.3 Å². The molecule has 1 unspecified atom stereocenters. The van der Waals surface area contributed by atoms with Crippen molar-refractivity contribution in [2.24, 2.45) is 0 Å². The molecular formula is C14H27F3N2O. The van der Waals surface area contributed by atoms with Crippen molar-refractivity contribution in [1.82, 2.24) is 10.2 Å². The van der Waals surface area contributed by atoms with E-state index in [0.29, 0.717) is 12.5 Å². The van der Waals surface area contributed by atoms with E-state index >= 15 is 0 Å². The van der Waals surface area contributed by atoms with Gasteiger partial charge in [-0.3, -0.25) is 0 Å². The van der Waals surface area contributed by atoms with E-state index < -0.39 is 12.8 Å². The Morgan fingerprint density at radius 2 is 2.05 bits per heavy atom. The Labute approximate surface area is 119 Å². The molecule has 1 heterocycles. The van der Waals surface area contributed by atoms with E-state index in [9.17, 15) is 13.2 Å². The van der Waals surface area contributed by atoms with E-state index in [2.05, 4.69) is 21.9 Å². The summed E-state index contributed by atoms with van der Waals surface area (Å²) in [5.74, 6) is 0. The van der Waals surface area contributed by atoms with Gasteiger partial charge in [-0.25, -0.2) is 0 Å². The van der Waals surface area contributed by atoms with Crippen molar-refractivity contribution < 1.29 is 17.9 Å². The van der Waals surface area contributed by atoms with Crippen molar-refractivity contribution in [2.75, 3.05) is 39.4 Å². The largest absolute Gasteiger partial charge is 0.411 e. The van der Waals surface area contributed by atoms with Crippen LogP contribution in [0.2, 0.25) is 0 Å². The molecule has 0 aromatic heterocycles. The molecule has 6 heteroatoms. The molecule has 1 atom stereocenters. The lowest BCUT2D eigenvalue weighted by Crippen LogP contribution is -2.44. The van der Waals surface area contributed by atoms with E-state index in [1.807, 2.05) is 0 Å². The molecule has 0 saturated carbocycles. The second kappa shape index (κ2) is 9.58. The fourth-order valence-corrected chi connectivity index (χ4v) is 2.58. The van der Waals surface area contributed by atoms with Gasteiger partial charge in [-0.2, -0.15) is 13.2 Å². The number of piperidine rings is 1. The number of rotatable bonds is 9. The molecule has 0 amide bonds. The average Bonchev–Trinajstić information content (AvgIpc) is 2.38. The lowest BCUT2D eigenvalue weighted by atomic mass is 10.0. The number of hydrogen-bond acceptors (Lipinski definition) is 3. The average molecular weight is 296 g/mol. The third-order valence-electron chi connectivity index (χ3n) is 3.46. The molecule has 0 bridgehead atoms. The normalized spacial score (nSPS) is 20.6. The summed E-state index contributed by atoms with van der Waals surface area (Å²) in [5, 5.41) is 3.51. The molecule has 0 radical (unpaired) electrons. The maximum absolute atomic E-state index is 11.9. The molecular weight excluding hydrogens is 269 g/mol. The monoisotopic (exact) mass is 296 g/mol. The van der Waals surface area contributed by atoms with Gasteiger partial charge in [0.1, 0.15) is 6.61 Å². The van der Waals surface area contributed by atoms with E-state index in [1.165, 1.54) is 19.3 Å². The van der Waals surface area contributed by atoms with Crippen LogP contribution in [0.15, 0.2) is 0 Å². The van der Waals surface area contributed by atoms with Crippen molar-refractivity contribution >= 4 is 0 Å². The minimum atomic E-state index is -4.21. The van der Waals surface area contributed by atoms with Crippen LogP contribution in [0.25, 0.3) is 0 Å². The Kier molecular flexibility index (Phi) is 8.49. The Hall–Kier alpha value is -0.330. The molecule has 1 N–H and O–H groups in total. The highest BCUT2D eigenvalue weighted by atomic mass is 19.4. The lowest BCUT2D eigenvalue weighted by molar-refractivity contribution is -0.174. The number of nitrogens with one attached hydrogen (secondary N) is 1. The molecule has 1 aliphatic heterocycles. The fourth-order valence-electron chi connectivity index (χ4n) is 2.58. The van der Waals surface area contributed by atoms with Crippen LogP contribution in [-0.2, 0) is 4.74 Å². The predicted octanol–water partition coefficient (Wildman–Crippen LogP) is 2.81. The van der Waals surface area contributed by atoms with Gasteiger partial charge in [0, 0.05) is 25.7 Å². The topological polar surface area (TPSA) is 24.5 Å². The van der Waals surface area contributed by atoms with E-state index in [0.717, 1.165) is 32.6 Å². The zero-order valence-corrected chi connectivity index (χ0v) is 12.3. The van der Waals surface area contributed by atoms with Crippen LogP contribution < -0.4 is 5.32 Å². The zero-order valence-electron chi connectivity index (χ0n) is 12.3. The highest BCUT2D eigenvalue weighted by Gasteiger charge is 2.27. The quantitative estimate of drug-likeness (QED) is 0.662. The lowest BCUT2D eigenvalue weighted by Gasteiger charge is -2.30. The number of hydrogen-bond donors (Lipinski definition) is 1. The van der Waals surface area contributed by atoms with Crippen LogP contribution >= 0.6 is 0 Å². The number of ether oxygens (including phenoxy) is 1. The van der Waals surface area contributed by atoms with E-state index in [4.69, 9.17) is 0 Å². The summed E-state index contributed by atoms with van der Waals surface area (Å²) in [6.07, 6.45) is 1.22. The highest BCUT2D eigenvalue weighted by molar-refractivity contribution is 4.76. The first-order valence-corrected chi connectivity index (χ1v) is 7.61. The molecule has 1 fully saturated rings. The van der Waals surface area contributed by atoms with E-state index in [1.54, 1.807) is 0 Å². The Morgan fingerprint density at radius 3 is 2.65 bits per heavy atom. The third-order valence-corrected chi connectivity index (χ3v) is 3.46. The maximum atomic E-state index is 11.9. The number of alkyl halides is 3. The van der Waals surface area contributed by atoms with Gasteiger partial charge < -0.3 is 15.0 Å². The molecule has 20 heavy (non-hydrogen) atoms. The number of nitrogens with zero attached hydrogens (tertiary/aromatic N) is 1. The third kappa shape index (κ3) is 8.76. The predicted molar refractivity (Wildman–Crippen MR) is 73.9 cm³/mol. The SMILES string of the molecule is CCCN(CCCOCC(F)(F)F)CC1CCCCN1. The molecule has 1 saturated heterocycles. The van der Waals surface area contributed by atoms with Crippen LogP contribution in [0.1, 0.15) is 39.0 Å². The molecule has 0 aliphatic carbocycles. The molecule has 3 nitrogen and oxygen atoms in total. The summed E-state index contributed by atoms with van der Waals surface area (Å²) in [5.41, 5.74) is 0. The summed E-state index contributed by atoms with van der Waals surface area (Å²) in [7, 11) is 0. The van der Waals surface area contributed by atoms with Crippen LogP contribution in [0.3, 0.4) is 0 Å². The van der Waals surface area contributed by atoms with Gasteiger partial charge in [0.25, 0.3) is 0 Å². The van der Waals surface area contributed by atoms with Gasteiger partial charge in [0.05, 0.1) is 0 Å². The van der Waals surface area contributed by atoms with E-state index in [-0.39, 0.29) is 6.61 Å². The van der Waals surface area contributed by atoms with Crippen molar-refractivity contribution in [2.45, 2.75) is 51.2 Å².